The fourth-order valence-corrected chi connectivity index (χ4v) is 3.53. The van der Waals surface area contributed by atoms with E-state index < -0.39 is 15.6 Å². The molecule has 0 atom stereocenters. The topological polar surface area (TPSA) is 88.3 Å². The zero-order valence-electron chi connectivity index (χ0n) is 12.5. The lowest BCUT2D eigenvalue weighted by atomic mass is 10.2. The number of benzene rings is 2. The Morgan fingerprint density at radius 2 is 1.79 bits per heavy atom. The number of methoxy groups -OCH3 is 1. The average molecular weight is 365 g/mol. The van der Waals surface area contributed by atoms with Crippen LogP contribution in [0.15, 0.2) is 58.2 Å². The Morgan fingerprint density at radius 3 is 2.46 bits per heavy atom. The van der Waals surface area contributed by atoms with Crippen LogP contribution in [0.2, 0.25) is 5.02 Å². The van der Waals surface area contributed by atoms with Gasteiger partial charge in [-0.1, -0.05) is 17.7 Å². The highest BCUT2D eigenvalue weighted by atomic mass is 35.5. The van der Waals surface area contributed by atoms with Gasteiger partial charge >= 0.3 is 0 Å². The van der Waals surface area contributed by atoms with Gasteiger partial charge in [0.15, 0.2) is 4.90 Å². The third-order valence-corrected chi connectivity index (χ3v) is 5.03. The van der Waals surface area contributed by atoms with Crippen LogP contribution in [0.25, 0.3) is 10.9 Å². The molecule has 6 nitrogen and oxygen atoms in total. The van der Waals surface area contributed by atoms with Gasteiger partial charge in [-0.2, -0.15) is 0 Å². The molecule has 0 radical (unpaired) electrons. The summed E-state index contributed by atoms with van der Waals surface area (Å²) in [7, 11) is -2.52. The van der Waals surface area contributed by atoms with Gasteiger partial charge in [0.1, 0.15) is 5.75 Å². The summed E-state index contributed by atoms with van der Waals surface area (Å²) in [5.41, 5.74) is 0.0769. The van der Waals surface area contributed by atoms with Crippen molar-refractivity contribution in [3.05, 3.63) is 63.9 Å². The average Bonchev–Trinajstić information content (AvgIpc) is 2.54. The minimum Gasteiger partial charge on any atom is -0.497 e. The lowest BCUT2D eigenvalue weighted by Gasteiger charge is -2.09. The van der Waals surface area contributed by atoms with Crippen LogP contribution < -0.4 is 15.0 Å². The molecule has 0 saturated heterocycles. The maximum Gasteiger partial charge on any atom is 0.269 e. The van der Waals surface area contributed by atoms with Gasteiger partial charge in [0.2, 0.25) is 0 Å². The Bertz CT molecular complexity index is 1060. The van der Waals surface area contributed by atoms with Gasteiger partial charge < -0.3 is 9.72 Å². The van der Waals surface area contributed by atoms with Crippen LogP contribution in [-0.4, -0.2) is 20.5 Å². The Balaban J connectivity index is 2.02. The summed E-state index contributed by atoms with van der Waals surface area (Å²) in [6, 6.07) is 12.5. The molecule has 2 N–H and O–H groups in total. The molecule has 0 aliphatic carbocycles. The third-order valence-electron chi connectivity index (χ3n) is 3.41. The molecule has 0 aliphatic heterocycles. The summed E-state index contributed by atoms with van der Waals surface area (Å²) in [5, 5.41) is 1.01. The molecule has 3 aromatic rings. The van der Waals surface area contributed by atoms with Crippen molar-refractivity contribution >= 4 is 38.2 Å². The van der Waals surface area contributed by atoms with E-state index in [1.165, 1.54) is 13.2 Å². The standard InChI is InChI=1S/C16H13ClN2O4S/c1-23-13-6-4-12(5-7-13)19-24(21,22)15-8-10-2-3-11(17)9-14(10)18-16(15)20/h2-9,19H,1H3,(H,18,20). The minimum atomic E-state index is -4.03. The maximum absolute atomic E-state index is 12.5. The molecule has 0 aliphatic rings. The number of aromatic amines is 1. The summed E-state index contributed by atoms with van der Waals surface area (Å²) in [5.74, 6) is 0.596. The molecule has 0 unspecified atom stereocenters. The van der Waals surface area contributed by atoms with E-state index in [0.29, 0.717) is 27.4 Å². The van der Waals surface area contributed by atoms with Crippen molar-refractivity contribution in [1.82, 2.24) is 4.98 Å². The van der Waals surface area contributed by atoms with Crippen molar-refractivity contribution in [3.63, 3.8) is 0 Å². The highest BCUT2D eigenvalue weighted by Gasteiger charge is 2.19. The van der Waals surface area contributed by atoms with Crippen molar-refractivity contribution in [2.75, 3.05) is 11.8 Å². The summed E-state index contributed by atoms with van der Waals surface area (Å²) in [4.78, 5) is 14.3. The molecule has 3 rings (SSSR count). The molecule has 0 fully saturated rings. The second-order valence-corrected chi connectivity index (χ2v) is 7.12. The highest BCUT2D eigenvalue weighted by molar-refractivity contribution is 7.92. The van der Waals surface area contributed by atoms with Crippen LogP contribution in [0, 0.1) is 0 Å². The molecule has 0 spiro atoms. The molecule has 1 heterocycles. The van der Waals surface area contributed by atoms with Gasteiger partial charge in [-0.3, -0.25) is 9.52 Å². The smallest absolute Gasteiger partial charge is 0.269 e. The number of rotatable bonds is 4. The number of anilines is 1. The minimum absolute atomic E-state index is 0.325. The number of H-pyrrole nitrogens is 1. The Morgan fingerprint density at radius 1 is 1.08 bits per heavy atom. The number of aromatic nitrogens is 1. The van der Waals surface area contributed by atoms with Crippen LogP contribution in [0.1, 0.15) is 0 Å². The highest BCUT2D eigenvalue weighted by Crippen LogP contribution is 2.21. The number of hydrogen-bond acceptors (Lipinski definition) is 4. The van der Waals surface area contributed by atoms with Crippen LogP contribution in [0.4, 0.5) is 5.69 Å². The van der Waals surface area contributed by atoms with Gasteiger partial charge in [0, 0.05) is 16.2 Å². The van der Waals surface area contributed by atoms with Crippen LogP contribution in [0.3, 0.4) is 0 Å². The van der Waals surface area contributed by atoms with Crippen LogP contribution in [0.5, 0.6) is 5.75 Å². The van der Waals surface area contributed by atoms with Crippen molar-refractivity contribution in [1.29, 1.82) is 0 Å². The Labute approximate surface area is 143 Å². The number of fused-ring (bicyclic) bond motifs is 1. The number of halogens is 1. The van der Waals surface area contributed by atoms with Gasteiger partial charge in [-0.05, 0) is 47.9 Å². The number of sulfonamides is 1. The van der Waals surface area contributed by atoms with Gasteiger partial charge in [-0.25, -0.2) is 8.42 Å². The van der Waals surface area contributed by atoms with E-state index in [4.69, 9.17) is 16.3 Å². The van der Waals surface area contributed by atoms with Gasteiger partial charge in [0.05, 0.1) is 7.11 Å². The molecule has 8 heteroatoms. The molecule has 24 heavy (non-hydrogen) atoms. The Hall–Kier alpha value is -2.51. The van der Waals surface area contributed by atoms with E-state index in [2.05, 4.69) is 9.71 Å². The molecule has 0 amide bonds. The first-order chi connectivity index (χ1) is 11.4. The van der Waals surface area contributed by atoms with E-state index in [1.807, 2.05) is 0 Å². The van der Waals surface area contributed by atoms with E-state index in [1.54, 1.807) is 42.5 Å². The predicted molar refractivity (Wildman–Crippen MR) is 93.4 cm³/mol. The summed E-state index contributed by atoms with van der Waals surface area (Å²) >= 11 is 5.87. The van der Waals surface area contributed by atoms with E-state index in [-0.39, 0.29) is 4.90 Å². The van der Waals surface area contributed by atoms with Crippen molar-refractivity contribution in [2.24, 2.45) is 0 Å². The van der Waals surface area contributed by atoms with E-state index >= 15 is 0 Å². The largest absolute Gasteiger partial charge is 0.497 e. The number of hydrogen-bond donors (Lipinski definition) is 2. The monoisotopic (exact) mass is 364 g/mol. The molecule has 2 aromatic carbocycles. The summed E-state index contributed by atoms with van der Waals surface area (Å²) < 4.78 is 32.4. The predicted octanol–water partition coefficient (Wildman–Crippen LogP) is 2.99. The normalized spacial score (nSPS) is 11.4. The SMILES string of the molecule is COc1ccc(NS(=O)(=O)c2cc3ccc(Cl)cc3[nH]c2=O)cc1. The lowest BCUT2D eigenvalue weighted by Crippen LogP contribution is -2.22. The summed E-state index contributed by atoms with van der Waals surface area (Å²) in [6.07, 6.45) is 0. The quantitative estimate of drug-likeness (QED) is 0.744. The molecular formula is C16H13ClN2O4S. The second-order valence-electron chi connectivity index (χ2n) is 5.03. The van der Waals surface area contributed by atoms with E-state index in [9.17, 15) is 13.2 Å². The zero-order chi connectivity index (χ0) is 17.3. The number of ether oxygens (including phenoxy) is 1. The molecular weight excluding hydrogens is 352 g/mol. The first kappa shape index (κ1) is 16.4. The maximum atomic E-state index is 12.5. The number of pyridine rings is 1. The Kier molecular flexibility index (Phi) is 4.21. The number of nitrogens with one attached hydrogen (secondary N) is 2. The lowest BCUT2D eigenvalue weighted by molar-refractivity contribution is 0.415. The van der Waals surface area contributed by atoms with Crippen molar-refractivity contribution in [2.45, 2.75) is 4.90 Å². The van der Waals surface area contributed by atoms with Crippen LogP contribution in [-0.2, 0) is 10.0 Å². The van der Waals surface area contributed by atoms with Gasteiger partial charge in [-0.15, -0.1) is 0 Å². The van der Waals surface area contributed by atoms with E-state index in [0.717, 1.165) is 0 Å². The van der Waals surface area contributed by atoms with Crippen LogP contribution >= 0.6 is 11.6 Å². The zero-order valence-corrected chi connectivity index (χ0v) is 14.1. The molecule has 124 valence electrons. The third kappa shape index (κ3) is 3.22. The van der Waals surface area contributed by atoms with Crippen molar-refractivity contribution < 1.29 is 13.2 Å². The first-order valence-electron chi connectivity index (χ1n) is 6.88. The summed E-state index contributed by atoms with van der Waals surface area (Å²) in [6.45, 7) is 0. The molecule has 0 saturated carbocycles. The molecule has 1 aromatic heterocycles. The second kappa shape index (κ2) is 6.18. The van der Waals surface area contributed by atoms with Gasteiger partial charge in [0.25, 0.3) is 15.6 Å². The fourth-order valence-electron chi connectivity index (χ4n) is 2.22. The first-order valence-corrected chi connectivity index (χ1v) is 8.74. The fraction of sp³-hybridized carbons (Fsp3) is 0.0625. The van der Waals surface area contributed by atoms with Crippen molar-refractivity contribution in [3.8, 4) is 5.75 Å². The molecule has 0 bridgehead atoms.